The molecule has 0 bridgehead atoms. The number of nitrogens with zero attached hydrogens (tertiary/aromatic N) is 1. The number of benzene rings is 1. The Bertz CT molecular complexity index is 552. The van der Waals surface area contributed by atoms with Crippen molar-refractivity contribution in [3.8, 4) is 11.8 Å². The van der Waals surface area contributed by atoms with Gasteiger partial charge in [-0.25, -0.2) is 0 Å². The van der Waals surface area contributed by atoms with Crippen molar-refractivity contribution in [2.24, 2.45) is 0 Å². The van der Waals surface area contributed by atoms with Crippen molar-refractivity contribution in [1.82, 2.24) is 0 Å². The zero-order valence-electron chi connectivity index (χ0n) is 10.3. The predicted molar refractivity (Wildman–Crippen MR) is 70.9 cm³/mol. The summed E-state index contributed by atoms with van der Waals surface area (Å²) in [6.45, 7) is 1.72. The quantitative estimate of drug-likeness (QED) is 0.577. The summed E-state index contributed by atoms with van der Waals surface area (Å²) in [6, 6.07) is 4.05. The summed E-state index contributed by atoms with van der Waals surface area (Å²) < 4.78 is 45.9. The Morgan fingerprint density at radius 1 is 1.45 bits per heavy atom. The second-order valence-electron chi connectivity index (χ2n) is 3.58. The molecule has 0 radical (unpaired) electrons. The lowest BCUT2D eigenvalue weighted by Crippen LogP contribution is -2.20. The molecule has 0 saturated carbocycles. The van der Waals surface area contributed by atoms with E-state index in [9.17, 15) is 18.0 Å². The molecule has 108 valence electrons. The molecule has 1 rings (SSSR count). The smallest absolute Gasteiger partial charge is 0.466 e. The molecule has 0 saturated heterocycles. The van der Waals surface area contributed by atoms with Gasteiger partial charge in [0, 0.05) is 9.13 Å². The third-order valence-electron chi connectivity index (χ3n) is 2.14. The molecular formula is C12H9F3INO3. The summed E-state index contributed by atoms with van der Waals surface area (Å²) in [5.74, 6) is -1.23. The maximum atomic E-state index is 12.4. The van der Waals surface area contributed by atoms with Gasteiger partial charge in [0.25, 0.3) is 0 Å². The molecule has 0 amide bonds. The molecule has 4 nitrogen and oxygen atoms in total. The first-order valence-electron chi connectivity index (χ1n) is 5.40. The number of esters is 1. The minimum absolute atomic E-state index is 0.0151. The molecule has 0 fully saturated rings. The van der Waals surface area contributed by atoms with Gasteiger partial charge in [0.05, 0.1) is 24.7 Å². The zero-order valence-corrected chi connectivity index (χ0v) is 12.4. The maximum Gasteiger partial charge on any atom is 0.573 e. The number of halogens is 4. The average Bonchev–Trinajstić information content (AvgIpc) is 2.31. The van der Waals surface area contributed by atoms with Gasteiger partial charge in [-0.1, -0.05) is 0 Å². The number of alkyl halides is 3. The van der Waals surface area contributed by atoms with E-state index in [4.69, 9.17) is 10.00 Å². The first-order chi connectivity index (χ1) is 9.26. The number of nitriles is 1. The molecule has 0 aliphatic carbocycles. The highest BCUT2D eigenvalue weighted by molar-refractivity contribution is 14.1. The highest BCUT2D eigenvalue weighted by Crippen LogP contribution is 2.31. The predicted octanol–water partition coefficient (Wildman–Crippen LogP) is 3.17. The highest BCUT2D eigenvalue weighted by Gasteiger charge is 2.33. The fourth-order valence-electron chi connectivity index (χ4n) is 1.42. The Morgan fingerprint density at radius 3 is 2.60 bits per heavy atom. The number of ether oxygens (including phenoxy) is 2. The maximum absolute atomic E-state index is 12.4. The third kappa shape index (κ3) is 4.88. The van der Waals surface area contributed by atoms with Crippen LogP contribution in [0.3, 0.4) is 0 Å². The van der Waals surface area contributed by atoms with Crippen LogP contribution in [0.4, 0.5) is 13.2 Å². The summed E-state index contributed by atoms with van der Waals surface area (Å²) >= 11 is 1.74. The van der Waals surface area contributed by atoms with Crippen molar-refractivity contribution < 1.29 is 27.4 Å². The van der Waals surface area contributed by atoms with E-state index >= 15 is 0 Å². The van der Waals surface area contributed by atoms with Crippen LogP contribution in [-0.4, -0.2) is 18.9 Å². The first kappa shape index (κ1) is 16.6. The number of carbonyl (C=O) groups is 1. The number of hydrogen-bond acceptors (Lipinski definition) is 4. The fraction of sp³-hybridized carbons (Fsp3) is 0.333. The Labute approximate surface area is 126 Å². The summed E-state index contributed by atoms with van der Waals surface area (Å²) in [5, 5.41) is 8.76. The van der Waals surface area contributed by atoms with E-state index in [-0.39, 0.29) is 24.2 Å². The van der Waals surface area contributed by atoms with Crippen molar-refractivity contribution in [3.63, 3.8) is 0 Å². The van der Waals surface area contributed by atoms with Gasteiger partial charge in [-0.2, -0.15) is 5.26 Å². The monoisotopic (exact) mass is 399 g/mol. The van der Waals surface area contributed by atoms with E-state index in [1.165, 1.54) is 6.07 Å². The average molecular weight is 399 g/mol. The lowest BCUT2D eigenvalue weighted by atomic mass is 10.1. The van der Waals surface area contributed by atoms with E-state index in [0.717, 1.165) is 6.07 Å². The minimum Gasteiger partial charge on any atom is -0.466 e. The van der Waals surface area contributed by atoms with Gasteiger partial charge in [-0.3, -0.25) is 4.79 Å². The number of rotatable bonds is 4. The molecule has 1 aromatic carbocycles. The van der Waals surface area contributed by atoms with E-state index in [2.05, 4.69) is 4.74 Å². The second-order valence-corrected chi connectivity index (χ2v) is 4.74. The van der Waals surface area contributed by atoms with Crippen LogP contribution >= 0.6 is 22.6 Å². The van der Waals surface area contributed by atoms with Gasteiger partial charge in [0.15, 0.2) is 0 Å². The van der Waals surface area contributed by atoms with Crippen LogP contribution in [0, 0.1) is 14.9 Å². The molecule has 0 N–H and O–H groups in total. The van der Waals surface area contributed by atoms with Crippen LogP contribution in [0.2, 0.25) is 0 Å². The van der Waals surface area contributed by atoms with Crippen molar-refractivity contribution in [3.05, 3.63) is 26.8 Å². The van der Waals surface area contributed by atoms with Gasteiger partial charge in [-0.05, 0) is 41.6 Å². The third-order valence-corrected chi connectivity index (χ3v) is 3.10. The fourth-order valence-corrected chi connectivity index (χ4v) is 2.21. The van der Waals surface area contributed by atoms with Crippen LogP contribution in [0.1, 0.15) is 18.1 Å². The molecule has 0 atom stereocenters. The SMILES string of the molecule is CCOC(=O)Cc1c(I)cc(C#N)cc1OC(F)(F)F. The Balaban J connectivity index is 3.19. The van der Waals surface area contributed by atoms with Crippen LogP contribution < -0.4 is 4.74 Å². The standard InChI is InChI=1S/C12H9F3INO3/c1-2-19-11(18)5-8-9(16)3-7(6-17)4-10(8)20-12(13,14)15/h3-4H,2,5H2,1H3. The van der Waals surface area contributed by atoms with Crippen LogP contribution in [0.5, 0.6) is 5.75 Å². The first-order valence-corrected chi connectivity index (χ1v) is 6.48. The molecule has 1 aromatic rings. The van der Waals surface area contributed by atoms with E-state index in [0.29, 0.717) is 3.57 Å². The summed E-state index contributed by atoms with van der Waals surface area (Å²) in [6.07, 6.45) is -5.26. The molecule has 20 heavy (non-hydrogen) atoms. The lowest BCUT2D eigenvalue weighted by molar-refractivity contribution is -0.275. The minimum atomic E-state index is -4.90. The van der Waals surface area contributed by atoms with E-state index in [1.54, 1.807) is 35.6 Å². The molecule has 0 aromatic heterocycles. The molecule has 0 heterocycles. The van der Waals surface area contributed by atoms with Crippen molar-refractivity contribution in [1.29, 1.82) is 5.26 Å². The van der Waals surface area contributed by atoms with Crippen LogP contribution in [-0.2, 0) is 16.0 Å². The zero-order chi connectivity index (χ0) is 15.3. The largest absolute Gasteiger partial charge is 0.573 e. The van der Waals surface area contributed by atoms with E-state index < -0.39 is 18.1 Å². The molecule has 0 aliphatic rings. The normalized spacial score (nSPS) is 10.8. The molecule has 8 heteroatoms. The van der Waals surface area contributed by atoms with Gasteiger partial charge >= 0.3 is 12.3 Å². The summed E-state index contributed by atoms with van der Waals surface area (Å²) in [4.78, 5) is 11.4. The summed E-state index contributed by atoms with van der Waals surface area (Å²) in [7, 11) is 0. The van der Waals surface area contributed by atoms with Crippen LogP contribution in [0.25, 0.3) is 0 Å². The van der Waals surface area contributed by atoms with Gasteiger partial charge in [0.2, 0.25) is 0 Å². The Hall–Kier alpha value is -1.50. The summed E-state index contributed by atoms with van der Waals surface area (Å²) in [5.41, 5.74) is 0.0571. The van der Waals surface area contributed by atoms with Crippen molar-refractivity contribution >= 4 is 28.6 Å². The van der Waals surface area contributed by atoms with Crippen molar-refractivity contribution in [2.75, 3.05) is 6.61 Å². The van der Waals surface area contributed by atoms with Gasteiger partial charge in [-0.15, -0.1) is 13.2 Å². The van der Waals surface area contributed by atoms with E-state index in [1.807, 2.05) is 0 Å². The second kappa shape index (κ2) is 6.78. The number of carbonyl (C=O) groups excluding carboxylic acids is 1. The molecule has 0 aliphatic heterocycles. The highest BCUT2D eigenvalue weighted by atomic mass is 127. The molecule has 0 spiro atoms. The van der Waals surface area contributed by atoms with Crippen molar-refractivity contribution in [2.45, 2.75) is 19.7 Å². The Kier molecular flexibility index (Phi) is 5.62. The topological polar surface area (TPSA) is 59.3 Å². The molecule has 0 unspecified atom stereocenters. The van der Waals surface area contributed by atoms with Gasteiger partial charge < -0.3 is 9.47 Å². The lowest BCUT2D eigenvalue weighted by Gasteiger charge is -2.14. The Morgan fingerprint density at radius 2 is 2.10 bits per heavy atom. The molecular weight excluding hydrogens is 390 g/mol. The van der Waals surface area contributed by atoms with Crippen LogP contribution in [0.15, 0.2) is 12.1 Å². The van der Waals surface area contributed by atoms with Gasteiger partial charge in [0.1, 0.15) is 5.75 Å². The number of hydrogen-bond donors (Lipinski definition) is 0.